The molecule has 4 heteroatoms. The number of allylic oxidation sites excluding steroid dienone is 4. The average molecular weight is 214 g/mol. The molecule has 1 rings (SSSR count). The van der Waals surface area contributed by atoms with Crippen molar-refractivity contribution in [3.8, 4) is 0 Å². The minimum atomic E-state index is -2.53. The average Bonchev–Trinajstić information content (AvgIpc) is 1.88. The zero-order chi connectivity index (χ0) is 7.61. The molecule has 0 aromatic rings. The monoisotopic (exact) mass is 212 g/mol. The summed E-state index contributed by atoms with van der Waals surface area (Å²) in [7, 11) is 0. The lowest BCUT2D eigenvalue weighted by Gasteiger charge is -2.13. The normalized spacial score (nSPS) is 18.9. The third-order valence-corrected chi connectivity index (χ3v) is 4.71. The molecule has 10 heavy (non-hydrogen) atoms. The largest absolute Gasteiger partial charge is 0.368 e. The highest BCUT2D eigenvalue weighted by atomic mass is 35.8. The van der Waals surface area contributed by atoms with Crippen molar-refractivity contribution in [3.05, 3.63) is 23.4 Å². The van der Waals surface area contributed by atoms with Crippen molar-refractivity contribution in [1.29, 1.82) is 0 Å². The van der Waals surface area contributed by atoms with Gasteiger partial charge in [-0.15, -0.1) is 33.2 Å². The van der Waals surface area contributed by atoms with Gasteiger partial charge in [0.25, 0.3) is 0 Å². The van der Waals surface area contributed by atoms with E-state index in [1.165, 1.54) is 0 Å². The smallest absolute Gasteiger partial charge is 0.121 e. The van der Waals surface area contributed by atoms with Crippen molar-refractivity contribution >= 4 is 39.2 Å². The highest BCUT2D eigenvalue weighted by Gasteiger charge is 2.30. The second kappa shape index (κ2) is 3.31. The Bertz CT molecular complexity index is 178. The minimum absolute atomic E-state index is 0.916. The molecule has 0 aromatic heterocycles. The second-order valence-electron chi connectivity index (χ2n) is 2.16. The van der Waals surface area contributed by atoms with Crippen molar-refractivity contribution in [3.63, 3.8) is 0 Å². The summed E-state index contributed by atoms with van der Waals surface area (Å²) in [6, 6.07) is -2.53. The van der Waals surface area contributed by atoms with Crippen LogP contribution in [0.3, 0.4) is 0 Å². The Morgan fingerprint density at radius 2 is 2.00 bits per heavy atom. The van der Waals surface area contributed by atoms with Crippen LogP contribution in [0.1, 0.15) is 12.8 Å². The van der Waals surface area contributed by atoms with Gasteiger partial charge in [-0.3, -0.25) is 0 Å². The van der Waals surface area contributed by atoms with Crippen LogP contribution < -0.4 is 0 Å². The van der Waals surface area contributed by atoms with Crippen LogP contribution in [0.25, 0.3) is 0 Å². The summed E-state index contributed by atoms with van der Waals surface area (Å²) >= 11 is 17.3. The Hall–Kier alpha value is 0.567. The van der Waals surface area contributed by atoms with Crippen LogP contribution in [0.15, 0.2) is 23.4 Å². The molecule has 1 aliphatic carbocycles. The Morgan fingerprint density at radius 1 is 1.30 bits per heavy atom. The maximum Gasteiger partial charge on any atom is 0.368 e. The van der Waals surface area contributed by atoms with Crippen LogP contribution in [-0.2, 0) is 0 Å². The van der Waals surface area contributed by atoms with Crippen molar-refractivity contribution < 1.29 is 0 Å². The number of halogens is 3. The van der Waals surface area contributed by atoms with Crippen LogP contribution in [0, 0.1) is 0 Å². The molecule has 0 fully saturated rings. The van der Waals surface area contributed by atoms with Gasteiger partial charge < -0.3 is 0 Å². The van der Waals surface area contributed by atoms with E-state index in [2.05, 4.69) is 6.08 Å². The Kier molecular flexibility index (Phi) is 2.87. The number of hydrogen-bond donors (Lipinski definition) is 0. The summed E-state index contributed by atoms with van der Waals surface area (Å²) in [4.78, 5) is 0. The van der Waals surface area contributed by atoms with Gasteiger partial charge in [-0.2, -0.15) is 0 Å². The summed E-state index contributed by atoms with van der Waals surface area (Å²) in [5.41, 5.74) is 0. The van der Waals surface area contributed by atoms with Crippen molar-refractivity contribution in [2.24, 2.45) is 0 Å². The van der Waals surface area contributed by atoms with Crippen molar-refractivity contribution in [1.82, 2.24) is 0 Å². The molecule has 0 saturated heterocycles. The van der Waals surface area contributed by atoms with Gasteiger partial charge in [0.2, 0.25) is 0 Å². The van der Waals surface area contributed by atoms with E-state index < -0.39 is 6.00 Å². The van der Waals surface area contributed by atoms with E-state index in [1.807, 2.05) is 12.2 Å². The molecule has 0 amide bonds. The maximum atomic E-state index is 5.78. The van der Waals surface area contributed by atoms with Gasteiger partial charge in [-0.1, -0.05) is 18.2 Å². The van der Waals surface area contributed by atoms with Gasteiger partial charge in [0.05, 0.1) is 0 Å². The molecule has 1 aliphatic rings. The lowest BCUT2D eigenvalue weighted by molar-refractivity contribution is 1.01. The van der Waals surface area contributed by atoms with E-state index >= 15 is 0 Å². The van der Waals surface area contributed by atoms with Gasteiger partial charge >= 0.3 is 6.00 Å². The van der Waals surface area contributed by atoms with Crippen LogP contribution in [-0.4, -0.2) is 6.00 Å². The molecule has 0 N–H and O–H groups in total. The van der Waals surface area contributed by atoms with E-state index in [9.17, 15) is 0 Å². The zero-order valence-electron chi connectivity index (χ0n) is 5.28. The second-order valence-corrected chi connectivity index (χ2v) is 10.6. The van der Waals surface area contributed by atoms with Crippen LogP contribution >= 0.6 is 33.2 Å². The molecule has 0 atom stereocenters. The van der Waals surface area contributed by atoms with E-state index in [-0.39, 0.29) is 0 Å². The lowest BCUT2D eigenvalue weighted by atomic mass is 10.2. The Balaban J connectivity index is 2.72. The first-order chi connectivity index (χ1) is 4.61. The third-order valence-electron chi connectivity index (χ3n) is 1.38. The molecule has 0 heterocycles. The lowest BCUT2D eigenvalue weighted by Crippen LogP contribution is -2.15. The molecule has 56 valence electrons. The maximum absolute atomic E-state index is 5.78. The fraction of sp³-hybridized carbons (Fsp3) is 0.333. The molecule has 0 saturated carbocycles. The Morgan fingerprint density at radius 3 is 2.30 bits per heavy atom. The molecule has 0 spiro atoms. The van der Waals surface area contributed by atoms with Crippen LogP contribution in [0.2, 0.25) is 0 Å². The molecule has 0 aromatic carbocycles. The van der Waals surface area contributed by atoms with Crippen molar-refractivity contribution in [2.45, 2.75) is 12.8 Å². The first kappa shape index (κ1) is 8.66. The van der Waals surface area contributed by atoms with E-state index in [0.717, 1.165) is 18.0 Å². The van der Waals surface area contributed by atoms with Gasteiger partial charge in [-0.05, 0) is 18.0 Å². The van der Waals surface area contributed by atoms with Gasteiger partial charge in [-0.25, -0.2) is 0 Å². The van der Waals surface area contributed by atoms with E-state index in [4.69, 9.17) is 33.2 Å². The molecule has 0 unspecified atom stereocenters. The molecule has 0 radical (unpaired) electrons. The van der Waals surface area contributed by atoms with E-state index in [1.54, 1.807) is 0 Å². The highest BCUT2D eigenvalue weighted by molar-refractivity contribution is 7.67. The van der Waals surface area contributed by atoms with E-state index in [0.29, 0.717) is 0 Å². The summed E-state index contributed by atoms with van der Waals surface area (Å²) in [6.45, 7) is 0. The van der Waals surface area contributed by atoms with Gasteiger partial charge in [0.1, 0.15) is 0 Å². The van der Waals surface area contributed by atoms with Crippen LogP contribution in [0.4, 0.5) is 0 Å². The third kappa shape index (κ3) is 2.31. The summed E-state index contributed by atoms with van der Waals surface area (Å²) < 4.78 is 0. The van der Waals surface area contributed by atoms with Gasteiger partial charge in [0, 0.05) is 0 Å². The zero-order valence-corrected chi connectivity index (χ0v) is 8.55. The Labute approximate surface area is 75.6 Å². The van der Waals surface area contributed by atoms with Crippen LogP contribution in [0.5, 0.6) is 0 Å². The minimum Gasteiger partial charge on any atom is -0.121 e. The number of rotatable bonds is 1. The van der Waals surface area contributed by atoms with Crippen molar-refractivity contribution in [2.75, 3.05) is 0 Å². The first-order valence-electron chi connectivity index (χ1n) is 3.03. The predicted molar refractivity (Wildman–Crippen MR) is 49.8 cm³/mol. The quantitative estimate of drug-likeness (QED) is 0.462. The SMILES string of the molecule is Cl[Si](Cl)(Cl)C1=CC=CCC1. The summed E-state index contributed by atoms with van der Waals surface area (Å²) in [5.74, 6) is 0. The predicted octanol–water partition coefficient (Wildman–Crippen LogP) is 3.46. The molecule has 0 aliphatic heterocycles. The molecular weight excluding hydrogens is 207 g/mol. The first-order valence-corrected chi connectivity index (χ1v) is 8.07. The summed E-state index contributed by atoms with van der Waals surface area (Å²) in [6.07, 6.45) is 7.87. The highest BCUT2D eigenvalue weighted by Crippen LogP contribution is 2.33. The molecular formula is C6H7Cl3Si. The standard InChI is InChI=1S/C6H7Cl3Si/c7-10(8,9)6-4-2-1-3-5-6/h1-2,4H,3,5H2. The molecule has 0 bridgehead atoms. The fourth-order valence-electron chi connectivity index (χ4n) is 0.839. The fourth-order valence-corrected chi connectivity index (χ4v) is 2.97. The van der Waals surface area contributed by atoms with Gasteiger partial charge in [0.15, 0.2) is 0 Å². The molecule has 0 nitrogen and oxygen atoms in total. The topological polar surface area (TPSA) is 0 Å². The summed E-state index contributed by atoms with van der Waals surface area (Å²) in [5, 5.41) is 1.01. The number of hydrogen-bond acceptors (Lipinski definition) is 0.